The molecule has 1 aliphatic carbocycles. The maximum Gasteiger partial charge on any atom is 0.293 e. The Morgan fingerprint density at radius 2 is 2.10 bits per heavy atom. The second-order valence-corrected chi connectivity index (χ2v) is 6.73. The standard InChI is InChI=1S/C12H17N3O4S/c13-11-5-4-10(8-12(11)15(16)17)20(18,19)14-7-6-9-2-1-3-9/h4-5,8-9,14H,1-3,6-7,13H2. The van der Waals surface area contributed by atoms with Crippen LogP contribution in [0.3, 0.4) is 0 Å². The summed E-state index contributed by atoms with van der Waals surface area (Å²) < 4.78 is 26.5. The molecule has 0 heterocycles. The van der Waals surface area contributed by atoms with E-state index in [4.69, 9.17) is 5.73 Å². The van der Waals surface area contributed by atoms with Crippen molar-refractivity contribution in [3.63, 3.8) is 0 Å². The van der Waals surface area contributed by atoms with Crippen LogP contribution in [-0.4, -0.2) is 19.9 Å². The van der Waals surface area contributed by atoms with Gasteiger partial charge in [0.1, 0.15) is 5.69 Å². The van der Waals surface area contributed by atoms with Crippen LogP contribution in [-0.2, 0) is 10.0 Å². The summed E-state index contributed by atoms with van der Waals surface area (Å²) in [6, 6.07) is 3.49. The number of nitrogens with zero attached hydrogens (tertiary/aromatic N) is 1. The van der Waals surface area contributed by atoms with E-state index < -0.39 is 20.6 Å². The molecule has 0 bridgehead atoms. The summed E-state index contributed by atoms with van der Waals surface area (Å²) >= 11 is 0. The minimum Gasteiger partial charge on any atom is -0.393 e. The SMILES string of the molecule is Nc1ccc(S(=O)(=O)NCCC2CCC2)cc1[N+](=O)[O-]. The molecule has 20 heavy (non-hydrogen) atoms. The Kier molecular flexibility index (Phi) is 4.24. The van der Waals surface area contributed by atoms with Crippen molar-refractivity contribution in [1.82, 2.24) is 4.72 Å². The molecule has 1 aromatic carbocycles. The molecule has 0 radical (unpaired) electrons. The number of sulfonamides is 1. The summed E-state index contributed by atoms with van der Waals surface area (Å²) in [5.74, 6) is 0.596. The van der Waals surface area contributed by atoms with Gasteiger partial charge in [-0.15, -0.1) is 0 Å². The number of nitro groups is 1. The number of rotatable bonds is 6. The van der Waals surface area contributed by atoms with E-state index in [1.807, 2.05) is 0 Å². The topological polar surface area (TPSA) is 115 Å². The molecule has 0 amide bonds. The van der Waals surface area contributed by atoms with E-state index in [-0.39, 0.29) is 10.6 Å². The van der Waals surface area contributed by atoms with Crippen LogP contribution in [0.2, 0.25) is 0 Å². The minimum absolute atomic E-state index is 0.0524. The summed E-state index contributed by atoms with van der Waals surface area (Å²) in [7, 11) is -3.72. The Bertz CT molecular complexity index is 611. The lowest BCUT2D eigenvalue weighted by atomic mass is 9.83. The van der Waals surface area contributed by atoms with Gasteiger partial charge in [-0.3, -0.25) is 10.1 Å². The first-order chi connectivity index (χ1) is 9.40. The van der Waals surface area contributed by atoms with E-state index in [9.17, 15) is 18.5 Å². The van der Waals surface area contributed by atoms with Gasteiger partial charge in [-0.1, -0.05) is 19.3 Å². The second kappa shape index (κ2) is 5.76. The number of nitrogens with one attached hydrogen (secondary N) is 1. The number of nitro benzene ring substituents is 1. The predicted octanol–water partition coefficient (Wildman–Crippen LogP) is 1.65. The first kappa shape index (κ1) is 14.7. The highest BCUT2D eigenvalue weighted by Gasteiger charge is 2.21. The van der Waals surface area contributed by atoms with Gasteiger partial charge >= 0.3 is 0 Å². The molecular formula is C12H17N3O4S. The molecule has 1 aromatic rings. The van der Waals surface area contributed by atoms with E-state index >= 15 is 0 Å². The van der Waals surface area contributed by atoms with Gasteiger partial charge in [-0.2, -0.15) is 0 Å². The zero-order valence-corrected chi connectivity index (χ0v) is 11.7. The van der Waals surface area contributed by atoms with E-state index in [0.29, 0.717) is 12.5 Å². The molecule has 0 unspecified atom stereocenters. The maximum absolute atomic E-state index is 12.0. The molecule has 3 N–H and O–H groups in total. The Morgan fingerprint density at radius 3 is 2.65 bits per heavy atom. The van der Waals surface area contributed by atoms with Gasteiger partial charge in [0, 0.05) is 12.6 Å². The molecule has 2 rings (SSSR count). The number of anilines is 1. The summed E-state index contributed by atoms with van der Waals surface area (Å²) in [6.07, 6.45) is 4.31. The zero-order chi connectivity index (χ0) is 14.8. The summed E-state index contributed by atoms with van der Waals surface area (Å²) in [5.41, 5.74) is 4.99. The number of nitrogen functional groups attached to an aromatic ring is 1. The van der Waals surface area contributed by atoms with Gasteiger partial charge in [-0.05, 0) is 24.5 Å². The molecule has 0 spiro atoms. The lowest BCUT2D eigenvalue weighted by Crippen LogP contribution is -2.27. The molecule has 110 valence electrons. The molecule has 1 fully saturated rings. The smallest absolute Gasteiger partial charge is 0.293 e. The van der Waals surface area contributed by atoms with Crippen molar-refractivity contribution in [3.05, 3.63) is 28.3 Å². The molecule has 1 saturated carbocycles. The maximum atomic E-state index is 12.0. The van der Waals surface area contributed by atoms with Crippen LogP contribution in [0, 0.1) is 16.0 Å². The number of hydrogen-bond donors (Lipinski definition) is 2. The highest BCUT2D eigenvalue weighted by molar-refractivity contribution is 7.89. The number of nitrogens with two attached hydrogens (primary N) is 1. The fourth-order valence-electron chi connectivity index (χ4n) is 2.11. The van der Waals surface area contributed by atoms with E-state index in [1.54, 1.807) is 0 Å². The minimum atomic E-state index is -3.72. The molecule has 8 heteroatoms. The van der Waals surface area contributed by atoms with E-state index in [1.165, 1.54) is 18.6 Å². The van der Waals surface area contributed by atoms with Gasteiger partial charge in [-0.25, -0.2) is 13.1 Å². The monoisotopic (exact) mass is 299 g/mol. The van der Waals surface area contributed by atoms with Crippen LogP contribution >= 0.6 is 0 Å². The molecule has 0 atom stereocenters. The number of benzene rings is 1. The van der Waals surface area contributed by atoms with E-state index in [0.717, 1.165) is 25.3 Å². The van der Waals surface area contributed by atoms with Crippen molar-refractivity contribution in [1.29, 1.82) is 0 Å². The van der Waals surface area contributed by atoms with E-state index in [2.05, 4.69) is 4.72 Å². The zero-order valence-electron chi connectivity index (χ0n) is 10.9. The highest BCUT2D eigenvalue weighted by Crippen LogP contribution is 2.29. The van der Waals surface area contributed by atoms with Crippen LogP contribution in [0.25, 0.3) is 0 Å². The highest BCUT2D eigenvalue weighted by atomic mass is 32.2. The average molecular weight is 299 g/mol. The third-order valence-corrected chi connectivity index (χ3v) is 5.04. The van der Waals surface area contributed by atoms with Gasteiger partial charge in [0.15, 0.2) is 0 Å². The van der Waals surface area contributed by atoms with Gasteiger partial charge in [0.2, 0.25) is 10.0 Å². The fourth-order valence-corrected chi connectivity index (χ4v) is 3.18. The van der Waals surface area contributed by atoms with Crippen molar-refractivity contribution in [2.45, 2.75) is 30.6 Å². The average Bonchev–Trinajstić information content (AvgIpc) is 2.32. The Hall–Kier alpha value is -1.67. The van der Waals surface area contributed by atoms with Crippen molar-refractivity contribution in [2.75, 3.05) is 12.3 Å². The largest absolute Gasteiger partial charge is 0.393 e. The first-order valence-corrected chi connectivity index (χ1v) is 7.92. The third kappa shape index (κ3) is 3.26. The van der Waals surface area contributed by atoms with Crippen LogP contribution in [0.15, 0.2) is 23.1 Å². The Labute approximate surface area is 117 Å². The Morgan fingerprint density at radius 1 is 1.40 bits per heavy atom. The van der Waals surface area contributed by atoms with Crippen molar-refractivity contribution in [3.8, 4) is 0 Å². The van der Waals surface area contributed by atoms with Crippen LogP contribution in [0.4, 0.5) is 11.4 Å². The van der Waals surface area contributed by atoms with Crippen LogP contribution in [0.1, 0.15) is 25.7 Å². The molecule has 0 aliphatic heterocycles. The lowest BCUT2D eigenvalue weighted by Gasteiger charge is -2.25. The van der Waals surface area contributed by atoms with Crippen LogP contribution in [0.5, 0.6) is 0 Å². The molecule has 1 aliphatic rings. The number of hydrogen-bond acceptors (Lipinski definition) is 5. The summed E-state index contributed by atoms with van der Waals surface area (Å²) in [6.45, 7) is 0.352. The van der Waals surface area contributed by atoms with Gasteiger partial charge in [0.05, 0.1) is 9.82 Å². The lowest BCUT2D eigenvalue weighted by molar-refractivity contribution is -0.384. The van der Waals surface area contributed by atoms with Crippen molar-refractivity contribution < 1.29 is 13.3 Å². The molecule has 0 saturated heterocycles. The van der Waals surface area contributed by atoms with Gasteiger partial charge in [0.25, 0.3) is 5.69 Å². The summed E-state index contributed by atoms with van der Waals surface area (Å²) in [4.78, 5) is 9.94. The predicted molar refractivity (Wildman–Crippen MR) is 74.7 cm³/mol. The Balaban J connectivity index is 2.08. The van der Waals surface area contributed by atoms with Crippen molar-refractivity contribution in [2.24, 2.45) is 5.92 Å². The van der Waals surface area contributed by atoms with Crippen LogP contribution < -0.4 is 10.5 Å². The first-order valence-electron chi connectivity index (χ1n) is 6.44. The molecule has 0 aromatic heterocycles. The quantitative estimate of drug-likeness (QED) is 0.470. The second-order valence-electron chi connectivity index (χ2n) is 4.96. The van der Waals surface area contributed by atoms with Gasteiger partial charge < -0.3 is 5.73 Å². The molecule has 7 nitrogen and oxygen atoms in total. The molecular weight excluding hydrogens is 282 g/mol. The third-order valence-electron chi connectivity index (χ3n) is 3.58. The van der Waals surface area contributed by atoms with Crippen molar-refractivity contribution >= 4 is 21.4 Å². The normalized spacial score (nSPS) is 15.8. The summed E-state index contributed by atoms with van der Waals surface area (Å²) in [5, 5.41) is 10.8. The fraction of sp³-hybridized carbons (Fsp3) is 0.500.